The van der Waals surface area contributed by atoms with Gasteiger partial charge in [-0.2, -0.15) is 0 Å². The lowest BCUT2D eigenvalue weighted by atomic mass is 10.1. The van der Waals surface area contributed by atoms with Gasteiger partial charge in [0.05, 0.1) is 17.0 Å². The Morgan fingerprint density at radius 2 is 2.00 bits per heavy atom. The van der Waals surface area contributed by atoms with Crippen LogP contribution in [-0.4, -0.2) is 22.9 Å². The SMILES string of the molecule is CNC(=O)c1c(C)nc(N)nc1COc1ccccc1C. The van der Waals surface area contributed by atoms with E-state index in [1.54, 1.807) is 14.0 Å². The van der Waals surface area contributed by atoms with Crippen LogP contribution in [0.1, 0.15) is 27.3 Å². The predicted octanol–water partition coefficient (Wildman–Crippen LogP) is 1.61. The molecular formula is C15H18N4O2. The highest BCUT2D eigenvalue weighted by molar-refractivity contribution is 5.96. The molecule has 0 aliphatic heterocycles. The largest absolute Gasteiger partial charge is 0.487 e. The van der Waals surface area contributed by atoms with E-state index in [-0.39, 0.29) is 18.5 Å². The van der Waals surface area contributed by atoms with Crippen molar-refractivity contribution in [1.29, 1.82) is 0 Å². The third kappa shape index (κ3) is 3.28. The smallest absolute Gasteiger partial charge is 0.254 e. The van der Waals surface area contributed by atoms with Crippen molar-refractivity contribution in [3.63, 3.8) is 0 Å². The van der Waals surface area contributed by atoms with Crippen molar-refractivity contribution in [2.24, 2.45) is 0 Å². The average molecular weight is 286 g/mol. The first-order valence-corrected chi connectivity index (χ1v) is 6.56. The quantitative estimate of drug-likeness (QED) is 0.891. The third-order valence-corrected chi connectivity index (χ3v) is 3.09. The molecule has 0 fully saturated rings. The van der Waals surface area contributed by atoms with Crippen LogP contribution in [0.5, 0.6) is 5.75 Å². The number of nitrogen functional groups attached to an aromatic ring is 1. The van der Waals surface area contributed by atoms with Crippen molar-refractivity contribution in [2.45, 2.75) is 20.5 Å². The molecule has 1 amide bonds. The Balaban J connectivity index is 2.31. The van der Waals surface area contributed by atoms with Crippen molar-refractivity contribution >= 4 is 11.9 Å². The van der Waals surface area contributed by atoms with Crippen LogP contribution in [0.4, 0.5) is 5.95 Å². The van der Waals surface area contributed by atoms with Crippen LogP contribution in [0.25, 0.3) is 0 Å². The molecule has 1 aromatic carbocycles. The number of para-hydroxylation sites is 1. The topological polar surface area (TPSA) is 90.1 Å². The lowest BCUT2D eigenvalue weighted by Gasteiger charge is -2.13. The van der Waals surface area contributed by atoms with Gasteiger partial charge in [-0.05, 0) is 25.5 Å². The number of hydrogen-bond acceptors (Lipinski definition) is 5. The molecule has 6 nitrogen and oxygen atoms in total. The molecule has 1 heterocycles. The fourth-order valence-corrected chi connectivity index (χ4v) is 2.05. The Kier molecular flexibility index (Phi) is 4.37. The number of benzene rings is 1. The number of anilines is 1. The zero-order valence-corrected chi connectivity index (χ0v) is 12.3. The summed E-state index contributed by atoms with van der Waals surface area (Å²) in [6.07, 6.45) is 0. The number of nitrogens with two attached hydrogens (primary N) is 1. The number of ether oxygens (including phenoxy) is 1. The van der Waals surface area contributed by atoms with E-state index in [1.165, 1.54) is 0 Å². The zero-order chi connectivity index (χ0) is 15.4. The number of aromatic nitrogens is 2. The number of aryl methyl sites for hydroxylation is 2. The maximum absolute atomic E-state index is 12.0. The number of carbonyl (C=O) groups excluding carboxylic acids is 1. The molecule has 0 saturated carbocycles. The lowest BCUT2D eigenvalue weighted by Crippen LogP contribution is -2.23. The minimum absolute atomic E-state index is 0.128. The van der Waals surface area contributed by atoms with E-state index in [4.69, 9.17) is 10.5 Å². The second kappa shape index (κ2) is 6.21. The zero-order valence-electron chi connectivity index (χ0n) is 12.3. The number of amides is 1. The molecule has 0 aliphatic rings. The number of carbonyl (C=O) groups is 1. The van der Waals surface area contributed by atoms with Crippen LogP contribution in [0.15, 0.2) is 24.3 Å². The van der Waals surface area contributed by atoms with E-state index < -0.39 is 0 Å². The van der Waals surface area contributed by atoms with Gasteiger partial charge in [0.25, 0.3) is 5.91 Å². The van der Waals surface area contributed by atoms with Gasteiger partial charge in [0, 0.05) is 7.05 Å². The number of hydrogen-bond donors (Lipinski definition) is 2. The van der Waals surface area contributed by atoms with Gasteiger partial charge in [0.15, 0.2) is 0 Å². The summed E-state index contributed by atoms with van der Waals surface area (Å²) in [4.78, 5) is 20.1. The molecule has 0 atom stereocenters. The van der Waals surface area contributed by atoms with Gasteiger partial charge >= 0.3 is 0 Å². The summed E-state index contributed by atoms with van der Waals surface area (Å²) >= 11 is 0. The second-order valence-electron chi connectivity index (χ2n) is 4.62. The number of nitrogens with zero attached hydrogens (tertiary/aromatic N) is 2. The third-order valence-electron chi connectivity index (χ3n) is 3.09. The monoisotopic (exact) mass is 286 g/mol. The normalized spacial score (nSPS) is 10.2. The van der Waals surface area contributed by atoms with Crippen LogP contribution in [0.2, 0.25) is 0 Å². The van der Waals surface area contributed by atoms with Crippen LogP contribution < -0.4 is 15.8 Å². The van der Waals surface area contributed by atoms with Gasteiger partial charge in [-0.1, -0.05) is 18.2 Å². The Hall–Kier alpha value is -2.63. The molecule has 2 rings (SSSR count). The van der Waals surface area contributed by atoms with Crippen molar-refractivity contribution < 1.29 is 9.53 Å². The van der Waals surface area contributed by atoms with Crippen LogP contribution in [0, 0.1) is 13.8 Å². The van der Waals surface area contributed by atoms with Crippen LogP contribution >= 0.6 is 0 Å². The Labute approximate surface area is 123 Å². The fraction of sp³-hybridized carbons (Fsp3) is 0.267. The molecule has 0 saturated heterocycles. The molecular weight excluding hydrogens is 268 g/mol. The summed E-state index contributed by atoms with van der Waals surface area (Å²) in [6.45, 7) is 3.83. The number of rotatable bonds is 4. The van der Waals surface area contributed by atoms with Crippen molar-refractivity contribution in [3.8, 4) is 5.75 Å². The van der Waals surface area contributed by atoms with E-state index >= 15 is 0 Å². The van der Waals surface area contributed by atoms with Gasteiger partial charge in [0.2, 0.25) is 5.95 Å². The minimum atomic E-state index is -0.254. The Bertz CT molecular complexity index is 671. The summed E-state index contributed by atoms with van der Waals surface area (Å²) in [5, 5.41) is 2.58. The Morgan fingerprint density at radius 3 is 2.67 bits per heavy atom. The highest BCUT2D eigenvalue weighted by Crippen LogP contribution is 2.19. The molecule has 0 bridgehead atoms. The average Bonchev–Trinajstić information content (AvgIpc) is 2.45. The molecule has 0 radical (unpaired) electrons. The first kappa shape index (κ1) is 14.8. The van der Waals surface area contributed by atoms with E-state index in [0.29, 0.717) is 17.0 Å². The standard InChI is InChI=1S/C15H18N4O2/c1-9-6-4-5-7-12(9)21-8-11-13(14(20)17-3)10(2)18-15(16)19-11/h4-7H,8H2,1-3H3,(H,17,20)(H2,16,18,19). The molecule has 2 aromatic rings. The van der Waals surface area contributed by atoms with Crippen molar-refractivity contribution in [3.05, 3.63) is 46.8 Å². The summed E-state index contributed by atoms with van der Waals surface area (Å²) in [5.41, 5.74) is 8.08. The number of nitrogens with one attached hydrogen (secondary N) is 1. The lowest BCUT2D eigenvalue weighted by molar-refractivity contribution is 0.0959. The highest BCUT2D eigenvalue weighted by atomic mass is 16.5. The highest BCUT2D eigenvalue weighted by Gasteiger charge is 2.17. The fourth-order valence-electron chi connectivity index (χ4n) is 2.05. The Morgan fingerprint density at radius 1 is 1.29 bits per heavy atom. The summed E-state index contributed by atoms with van der Waals surface area (Å²) < 4.78 is 5.74. The van der Waals surface area contributed by atoms with Crippen LogP contribution in [0.3, 0.4) is 0 Å². The maximum atomic E-state index is 12.0. The van der Waals surface area contributed by atoms with Gasteiger partial charge in [-0.3, -0.25) is 4.79 Å². The van der Waals surface area contributed by atoms with E-state index in [0.717, 1.165) is 11.3 Å². The summed E-state index contributed by atoms with van der Waals surface area (Å²) in [5.74, 6) is 0.620. The van der Waals surface area contributed by atoms with Crippen molar-refractivity contribution in [1.82, 2.24) is 15.3 Å². The first-order valence-electron chi connectivity index (χ1n) is 6.56. The van der Waals surface area contributed by atoms with Gasteiger partial charge in [-0.15, -0.1) is 0 Å². The second-order valence-corrected chi connectivity index (χ2v) is 4.62. The summed E-state index contributed by atoms with van der Waals surface area (Å²) in [7, 11) is 1.56. The summed E-state index contributed by atoms with van der Waals surface area (Å²) in [6, 6.07) is 7.65. The molecule has 0 aliphatic carbocycles. The van der Waals surface area contributed by atoms with E-state index in [1.807, 2.05) is 31.2 Å². The molecule has 110 valence electrons. The molecule has 0 unspecified atom stereocenters. The molecule has 0 spiro atoms. The van der Waals surface area contributed by atoms with E-state index in [2.05, 4.69) is 15.3 Å². The van der Waals surface area contributed by atoms with Gasteiger partial charge in [0.1, 0.15) is 12.4 Å². The molecule has 21 heavy (non-hydrogen) atoms. The molecule has 3 N–H and O–H groups in total. The van der Waals surface area contributed by atoms with E-state index in [9.17, 15) is 4.79 Å². The molecule has 1 aromatic heterocycles. The van der Waals surface area contributed by atoms with Crippen molar-refractivity contribution in [2.75, 3.05) is 12.8 Å². The predicted molar refractivity (Wildman–Crippen MR) is 80.1 cm³/mol. The molecule has 6 heteroatoms. The first-order chi connectivity index (χ1) is 10.0. The van der Waals surface area contributed by atoms with Gasteiger partial charge < -0.3 is 15.8 Å². The van der Waals surface area contributed by atoms with Gasteiger partial charge in [-0.25, -0.2) is 9.97 Å². The van der Waals surface area contributed by atoms with Crippen LogP contribution in [-0.2, 0) is 6.61 Å². The minimum Gasteiger partial charge on any atom is -0.487 e. The maximum Gasteiger partial charge on any atom is 0.254 e.